The molecule has 0 spiro atoms. The van der Waals surface area contributed by atoms with Crippen molar-refractivity contribution in [3.8, 4) is 5.75 Å². The van der Waals surface area contributed by atoms with Crippen LogP contribution in [0.1, 0.15) is 68.7 Å². The van der Waals surface area contributed by atoms with E-state index in [0.717, 1.165) is 29.8 Å². The monoisotopic (exact) mass is 803 g/mol. The van der Waals surface area contributed by atoms with Crippen LogP contribution in [-0.4, -0.2) is 89.4 Å². The largest absolute Gasteiger partial charge is 0.481 e. The number of rotatable bonds is 20. The first-order valence-electron chi connectivity index (χ1n) is 17.1. The van der Waals surface area contributed by atoms with Crippen LogP contribution in [0.3, 0.4) is 0 Å². The average Bonchev–Trinajstić information content (AvgIpc) is 3.17. The van der Waals surface area contributed by atoms with Gasteiger partial charge in [0.25, 0.3) is 11.8 Å². The van der Waals surface area contributed by atoms with Crippen LogP contribution in [-0.2, 0) is 24.0 Å². The lowest BCUT2D eigenvalue weighted by Gasteiger charge is -2.19. The first-order chi connectivity index (χ1) is 27.0. The van der Waals surface area contributed by atoms with Gasteiger partial charge in [0, 0.05) is 30.2 Å². The zero-order valence-corrected chi connectivity index (χ0v) is 30.1. The van der Waals surface area contributed by atoms with Crippen LogP contribution in [0.25, 0.3) is 0 Å². The van der Waals surface area contributed by atoms with Crippen LogP contribution in [0.4, 0.5) is 17.6 Å². The minimum atomic E-state index is -1.98. The van der Waals surface area contributed by atoms with Gasteiger partial charge in [-0.2, -0.15) is 8.78 Å². The van der Waals surface area contributed by atoms with Crippen LogP contribution in [0.2, 0.25) is 0 Å². The van der Waals surface area contributed by atoms with Crippen LogP contribution >= 0.6 is 0 Å². The van der Waals surface area contributed by atoms with Crippen molar-refractivity contribution in [2.24, 2.45) is 0 Å². The molecule has 1 unspecified atom stereocenters. The van der Waals surface area contributed by atoms with Gasteiger partial charge in [-0.1, -0.05) is 23.8 Å². The van der Waals surface area contributed by atoms with E-state index in [9.17, 15) is 61.0 Å². The molecule has 0 bridgehead atoms. The number of hydrogen-bond acceptors (Lipinski definition) is 9. The minimum Gasteiger partial charge on any atom is -0.481 e. The molecule has 16 nitrogen and oxygen atoms in total. The molecule has 0 fully saturated rings. The first kappa shape index (κ1) is 44.5. The Morgan fingerprint density at radius 3 is 1.84 bits per heavy atom. The highest BCUT2D eigenvalue weighted by molar-refractivity contribution is 6.00. The molecule has 3 aromatic carbocycles. The Balaban J connectivity index is 1.49. The van der Waals surface area contributed by atoms with Crippen molar-refractivity contribution in [2.75, 3.05) is 19.6 Å². The Kier molecular flexibility index (Phi) is 16.6. The minimum absolute atomic E-state index is 0.0111. The lowest BCUT2D eigenvalue weighted by molar-refractivity contribution is -0.142. The third-order valence-corrected chi connectivity index (χ3v) is 7.88. The fraction of sp³-hybridized carbons (Fsp3) is 0.297. The molecule has 57 heavy (non-hydrogen) atoms. The van der Waals surface area contributed by atoms with Gasteiger partial charge in [-0.25, -0.2) is 18.4 Å². The molecule has 0 radical (unpaired) electrons. The number of hydrogen-bond donors (Lipinski definition) is 7. The standard InChI is InChI=1S/C37H37F4N5O11/c1-19-6-4-7-20(14-19)33(51)42-13-3-2-10-26(36(54)55)46-28(48)18-44-35(53)25(11-12-29(49)50)45-27(47)17-43-34(52)21-8-5-9-22(15-21)37(56)57-32-30(40)23(38)16-24(39)31(32)41/h4-9,14-16,25-26H,2-3,10-13,17-18H2,1H3,(H,42,51)(H,43,52)(H,44,53)(H,45,47)(H,46,48)(H,49,50)(H,54,55)/t25?,26-/m1/s1. The van der Waals surface area contributed by atoms with E-state index < -0.39 is 114 Å². The van der Waals surface area contributed by atoms with Gasteiger partial charge in [-0.05, 0) is 62.9 Å². The van der Waals surface area contributed by atoms with E-state index in [2.05, 4.69) is 31.3 Å². The Hall–Kier alpha value is -6.86. The van der Waals surface area contributed by atoms with Crippen LogP contribution in [0, 0.1) is 30.2 Å². The van der Waals surface area contributed by atoms with Crippen molar-refractivity contribution >= 4 is 47.4 Å². The summed E-state index contributed by atoms with van der Waals surface area (Å²) in [6.45, 7) is 0.526. The van der Waals surface area contributed by atoms with Crippen molar-refractivity contribution in [3.63, 3.8) is 0 Å². The average molecular weight is 804 g/mol. The number of nitrogens with one attached hydrogen (secondary N) is 5. The normalized spacial score (nSPS) is 11.7. The summed E-state index contributed by atoms with van der Waals surface area (Å²) >= 11 is 0. The zero-order chi connectivity index (χ0) is 42.2. The third-order valence-electron chi connectivity index (χ3n) is 7.88. The molecule has 0 saturated carbocycles. The highest BCUT2D eigenvalue weighted by Gasteiger charge is 2.26. The number of amides is 5. The number of carboxylic acids is 2. The maximum atomic E-state index is 13.9. The van der Waals surface area contributed by atoms with Gasteiger partial charge < -0.3 is 41.5 Å². The van der Waals surface area contributed by atoms with E-state index in [1.807, 2.05) is 13.0 Å². The van der Waals surface area contributed by atoms with Crippen molar-refractivity contribution in [2.45, 2.75) is 51.1 Å². The van der Waals surface area contributed by atoms with Gasteiger partial charge in [0.2, 0.25) is 35.1 Å². The molecule has 0 aromatic heterocycles. The molecule has 2 atom stereocenters. The molecule has 0 aliphatic rings. The van der Waals surface area contributed by atoms with Crippen LogP contribution in [0.5, 0.6) is 5.75 Å². The summed E-state index contributed by atoms with van der Waals surface area (Å²) in [7, 11) is 0. The smallest absolute Gasteiger partial charge is 0.343 e. The van der Waals surface area contributed by atoms with Gasteiger partial charge in [-0.3, -0.25) is 28.8 Å². The van der Waals surface area contributed by atoms with E-state index in [0.29, 0.717) is 18.4 Å². The summed E-state index contributed by atoms with van der Waals surface area (Å²) in [5, 5.41) is 30.2. The maximum absolute atomic E-state index is 13.9. The Labute approximate surface area is 321 Å². The second kappa shape index (κ2) is 21.3. The molecule has 0 saturated heterocycles. The molecule has 5 amide bonds. The quantitative estimate of drug-likeness (QED) is 0.0287. The molecule has 20 heteroatoms. The number of benzene rings is 3. The van der Waals surface area contributed by atoms with E-state index in [4.69, 9.17) is 5.11 Å². The summed E-state index contributed by atoms with van der Waals surface area (Å²) in [4.78, 5) is 98.3. The molecule has 3 aromatic rings. The van der Waals surface area contributed by atoms with Crippen molar-refractivity contribution < 1.29 is 70.9 Å². The Morgan fingerprint density at radius 1 is 0.667 bits per heavy atom. The van der Waals surface area contributed by atoms with Crippen molar-refractivity contribution in [1.82, 2.24) is 26.6 Å². The van der Waals surface area contributed by atoms with E-state index in [1.165, 1.54) is 0 Å². The Bertz CT molecular complexity index is 2010. The summed E-state index contributed by atoms with van der Waals surface area (Å²) in [5.74, 6) is -17.7. The molecule has 0 aliphatic carbocycles. The number of ether oxygens (including phenoxy) is 1. The highest BCUT2D eigenvalue weighted by Crippen LogP contribution is 2.27. The lowest BCUT2D eigenvalue weighted by atomic mass is 10.1. The number of unbranched alkanes of at least 4 members (excludes halogenated alkanes) is 1. The van der Waals surface area contributed by atoms with Gasteiger partial charge in [0.15, 0.2) is 11.6 Å². The fourth-order valence-corrected chi connectivity index (χ4v) is 4.98. The van der Waals surface area contributed by atoms with E-state index >= 15 is 0 Å². The predicted molar refractivity (Wildman–Crippen MR) is 189 cm³/mol. The lowest BCUT2D eigenvalue weighted by Crippen LogP contribution is -2.52. The summed E-state index contributed by atoms with van der Waals surface area (Å²) in [6.07, 6.45) is -0.379. The topological polar surface area (TPSA) is 246 Å². The molecular formula is C37H37F4N5O11. The number of aryl methyl sites for hydroxylation is 1. The fourth-order valence-electron chi connectivity index (χ4n) is 4.98. The number of carboxylic acid groups (broad SMARTS) is 2. The van der Waals surface area contributed by atoms with Gasteiger partial charge >= 0.3 is 17.9 Å². The highest BCUT2D eigenvalue weighted by atomic mass is 19.2. The summed E-state index contributed by atoms with van der Waals surface area (Å²) in [5.41, 5.74) is 0.595. The van der Waals surface area contributed by atoms with Gasteiger partial charge in [0.1, 0.15) is 12.1 Å². The van der Waals surface area contributed by atoms with Crippen molar-refractivity contribution in [1.29, 1.82) is 0 Å². The molecule has 0 heterocycles. The predicted octanol–water partition coefficient (Wildman–Crippen LogP) is 2.14. The second-order valence-corrected chi connectivity index (χ2v) is 12.3. The zero-order valence-electron chi connectivity index (χ0n) is 30.1. The van der Waals surface area contributed by atoms with Crippen LogP contribution < -0.4 is 31.3 Å². The Morgan fingerprint density at radius 2 is 1.23 bits per heavy atom. The summed E-state index contributed by atoms with van der Waals surface area (Å²) < 4.78 is 59.3. The van der Waals surface area contributed by atoms with E-state index in [1.54, 1.807) is 18.2 Å². The number of carbonyl (C=O) groups is 8. The van der Waals surface area contributed by atoms with Gasteiger partial charge in [-0.15, -0.1) is 0 Å². The molecule has 3 rings (SSSR count). The third kappa shape index (κ3) is 14.1. The molecular weight excluding hydrogens is 766 g/mol. The number of carbonyl (C=O) groups excluding carboxylic acids is 6. The van der Waals surface area contributed by atoms with Crippen molar-refractivity contribution in [3.05, 3.63) is 100 Å². The molecule has 304 valence electrons. The number of esters is 1. The van der Waals surface area contributed by atoms with Gasteiger partial charge in [0.05, 0.1) is 18.7 Å². The van der Waals surface area contributed by atoms with Crippen LogP contribution in [0.15, 0.2) is 54.6 Å². The number of aliphatic carboxylic acids is 2. The summed E-state index contributed by atoms with van der Waals surface area (Å²) in [6, 6.07) is 8.18. The second-order valence-electron chi connectivity index (χ2n) is 12.3. The molecule has 7 N–H and O–H groups in total. The first-order valence-corrected chi connectivity index (χ1v) is 17.1. The number of halogens is 4. The maximum Gasteiger partial charge on any atom is 0.343 e. The SMILES string of the molecule is Cc1cccc(C(=O)NCCCC[C@@H](NC(=O)CNC(=O)C(CCC(=O)O)NC(=O)CNC(=O)c2cccc(C(=O)Oc3c(F)c(F)cc(F)c3F)c2)C(=O)O)c1. The van der Waals surface area contributed by atoms with E-state index in [-0.39, 0.29) is 30.5 Å². The molecule has 0 aliphatic heterocycles.